The summed E-state index contributed by atoms with van der Waals surface area (Å²) in [6.07, 6.45) is 5.56. The number of rotatable bonds is 2. The highest BCUT2D eigenvalue weighted by Crippen LogP contribution is 2.31. The Balaban J connectivity index is 1.86. The van der Waals surface area contributed by atoms with Gasteiger partial charge in [-0.25, -0.2) is 0 Å². The fourth-order valence-electron chi connectivity index (χ4n) is 2.79. The summed E-state index contributed by atoms with van der Waals surface area (Å²) in [6.45, 7) is 0. The largest absolute Gasteiger partial charge is 0.508 e. The van der Waals surface area contributed by atoms with Crippen molar-refractivity contribution in [2.45, 2.75) is 44.1 Å². The lowest BCUT2D eigenvalue weighted by Crippen LogP contribution is -2.27. The van der Waals surface area contributed by atoms with Gasteiger partial charge in [0.1, 0.15) is 5.75 Å². The topological polar surface area (TPSA) is 85.2 Å². The molecule has 0 radical (unpaired) electrons. The van der Waals surface area contributed by atoms with Gasteiger partial charge in [-0.15, -0.1) is 0 Å². The Bertz CT molecular complexity index is 582. The van der Waals surface area contributed by atoms with Crippen LogP contribution in [0.1, 0.15) is 43.9 Å². The second-order valence-electron chi connectivity index (χ2n) is 5.41. The fraction of sp³-hybridized carbons (Fsp3) is 0.467. The van der Waals surface area contributed by atoms with Crippen LogP contribution in [0, 0.1) is 0 Å². The summed E-state index contributed by atoms with van der Waals surface area (Å²) in [5.41, 5.74) is 6.97. The number of hydrogen-bond donors (Lipinski definition) is 2. The number of nitrogens with zero attached hydrogens (tertiary/aromatic N) is 2. The molecule has 3 rings (SSSR count). The zero-order valence-electron chi connectivity index (χ0n) is 11.3. The maximum atomic E-state index is 9.50. The lowest BCUT2D eigenvalue weighted by molar-refractivity contribution is 0.326. The fourth-order valence-corrected chi connectivity index (χ4v) is 2.79. The van der Waals surface area contributed by atoms with Gasteiger partial charge >= 0.3 is 0 Å². The molecule has 1 fully saturated rings. The zero-order chi connectivity index (χ0) is 13.9. The van der Waals surface area contributed by atoms with E-state index >= 15 is 0 Å². The maximum absolute atomic E-state index is 9.50. The van der Waals surface area contributed by atoms with Crippen molar-refractivity contribution in [1.82, 2.24) is 10.1 Å². The molecule has 0 bridgehead atoms. The van der Waals surface area contributed by atoms with Gasteiger partial charge in [-0.3, -0.25) is 0 Å². The first-order chi connectivity index (χ1) is 9.74. The molecule has 0 aliphatic heterocycles. The van der Waals surface area contributed by atoms with E-state index in [-0.39, 0.29) is 17.7 Å². The van der Waals surface area contributed by atoms with E-state index in [9.17, 15) is 5.11 Å². The van der Waals surface area contributed by atoms with E-state index in [4.69, 9.17) is 10.3 Å². The molecule has 1 aromatic heterocycles. The number of nitrogens with two attached hydrogens (primary N) is 1. The van der Waals surface area contributed by atoms with Gasteiger partial charge in [-0.05, 0) is 25.0 Å². The Morgan fingerprint density at radius 2 is 2.05 bits per heavy atom. The smallest absolute Gasteiger partial charge is 0.231 e. The summed E-state index contributed by atoms with van der Waals surface area (Å²) in [5, 5.41) is 13.5. The van der Waals surface area contributed by atoms with Gasteiger partial charge in [0.05, 0.1) is 5.92 Å². The molecule has 1 aliphatic carbocycles. The minimum Gasteiger partial charge on any atom is -0.508 e. The van der Waals surface area contributed by atoms with Gasteiger partial charge in [0.15, 0.2) is 0 Å². The van der Waals surface area contributed by atoms with E-state index in [1.165, 1.54) is 12.8 Å². The van der Waals surface area contributed by atoms with Crippen molar-refractivity contribution in [3.63, 3.8) is 0 Å². The molecule has 2 unspecified atom stereocenters. The number of benzene rings is 1. The van der Waals surface area contributed by atoms with E-state index in [0.29, 0.717) is 11.7 Å². The summed E-state index contributed by atoms with van der Waals surface area (Å²) >= 11 is 0. The quantitative estimate of drug-likeness (QED) is 0.822. The molecule has 1 aromatic carbocycles. The molecule has 5 nitrogen and oxygen atoms in total. The zero-order valence-corrected chi connectivity index (χ0v) is 11.3. The SMILES string of the molecule is NC1CCCCCC1c1nc(-c2cccc(O)c2)no1. The molecule has 2 atom stereocenters. The highest BCUT2D eigenvalue weighted by atomic mass is 16.5. The molecule has 0 amide bonds. The van der Waals surface area contributed by atoms with Crippen LogP contribution in [0.3, 0.4) is 0 Å². The van der Waals surface area contributed by atoms with Crippen molar-refractivity contribution >= 4 is 0 Å². The predicted octanol–water partition coefficient (Wildman–Crippen LogP) is 2.82. The molecule has 1 heterocycles. The highest BCUT2D eigenvalue weighted by molar-refractivity contribution is 5.56. The molecule has 0 saturated heterocycles. The number of phenols is 1. The monoisotopic (exact) mass is 273 g/mol. The van der Waals surface area contributed by atoms with Gasteiger partial charge < -0.3 is 15.4 Å². The van der Waals surface area contributed by atoms with Crippen LogP contribution in [0.5, 0.6) is 5.75 Å². The van der Waals surface area contributed by atoms with Crippen molar-refractivity contribution < 1.29 is 9.63 Å². The normalized spacial score (nSPS) is 23.4. The number of hydrogen-bond acceptors (Lipinski definition) is 5. The lowest BCUT2D eigenvalue weighted by Gasteiger charge is -2.16. The second-order valence-corrected chi connectivity index (χ2v) is 5.41. The average molecular weight is 273 g/mol. The van der Waals surface area contributed by atoms with Gasteiger partial charge in [0, 0.05) is 11.6 Å². The van der Waals surface area contributed by atoms with Crippen molar-refractivity contribution in [3.05, 3.63) is 30.2 Å². The maximum Gasteiger partial charge on any atom is 0.231 e. The summed E-state index contributed by atoms with van der Waals surface area (Å²) in [7, 11) is 0. The van der Waals surface area contributed by atoms with Crippen LogP contribution in [0.25, 0.3) is 11.4 Å². The Kier molecular flexibility index (Phi) is 3.69. The van der Waals surface area contributed by atoms with Crippen molar-refractivity contribution in [2.24, 2.45) is 5.73 Å². The Morgan fingerprint density at radius 1 is 1.20 bits per heavy atom. The standard InChI is InChI=1S/C15H19N3O2/c16-13-8-3-1-2-7-12(13)15-17-14(18-20-15)10-5-4-6-11(19)9-10/h4-6,9,12-13,19H,1-3,7-8,16H2. The first-order valence-corrected chi connectivity index (χ1v) is 7.12. The van der Waals surface area contributed by atoms with Crippen LogP contribution in [0.4, 0.5) is 0 Å². The number of aromatic nitrogens is 2. The van der Waals surface area contributed by atoms with Crippen molar-refractivity contribution in [2.75, 3.05) is 0 Å². The Morgan fingerprint density at radius 3 is 2.90 bits per heavy atom. The van der Waals surface area contributed by atoms with Crippen LogP contribution < -0.4 is 5.73 Å². The van der Waals surface area contributed by atoms with Crippen LogP contribution >= 0.6 is 0 Å². The van der Waals surface area contributed by atoms with E-state index < -0.39 is 0 Å². The lowest BCUT2D eigenvalue weighted by atomic mass is 9.95. The summed E-state index contributed by atoms with van der Waals surface area (Å²) < 4.78 is 5.40. The van der Waals surface area contributed by atoms with E-state index in [1.807, 2.05) is 6.07 Å². The van der Waals surface area contributed by atoms with Gasteiger partial charge in [-0.2, -0.15) is 4.98 Å². The van der Waals surface area contributed by atoms with Crippen LogP contribution in [-0.4, -0.2) is 21.3 Å². The molecular formula is C15H19N3O2. The molecular weight excluding hydrogens is 254 g/mol. The van der Waals surface area contributed by atoms with Crippen LogP contribution in [0.15, 0.2) is 28.8 Å². The molecule has 20 heavy (non-hydrogen) atoms. The Labute approximate surface area is 117 Å². The molecule has 0 spiro atoms. The summed E-state index contributed by atoms with van der Waals surface area (Å²) in [4.78, 5) is 4.47. The summed E-state index contributed by atoms with van der Waals surface area (Å²) in [6, 6.07) is 6.95. The van der Waals surface area contributed by atoms with Crippen molar-refractivity contribution in [3.8, 4) is 17.1 Å². The van der Waals surface area contributed by atoms with Crippen LogP contribution in [-0.2, 0) is 0 Å². The van der Waals surface area contributed by atoms with Crippen molar-refractivity contribution in [1.29, 1.82) is 0 Å². The molecule has 1 saturated carbocycles. The third-order valence-corrected chi connectivity index (χ3v) is 3.93. The molecule has 3 N–H and O–H groups in total. The average Bonchev–Trinajstić information content (AvgIpc) is 2.82. The van der Waals surface area contributed by atoms with Gasteiger partial charge in [-0.1, -0.05) is 36.6 Å². The minimum absolute atomic E-state index is 0.0926. The predicted molar refractivity (Wildman–Crippen MR) is 75.2 cm³/mol. The number of phenolic OH excluding ortho intramolecular Hbond substituents is 1. The second kappa shape index (κ2) is 5.63. The third-order valence-electron chi connectivity index (χ3n) is 3.93. The highest BCUT2D eigenvalue weighted by Gasteiger charge is 2.27. The molecule has 106 valence electrons. The molecule has 5 heteroatoms. The number of aromatic hydroxyl groups is 1. The first-order valence-electron chi connectivity index (χ1n) is 7.12. The molecule has 1 aliphatic rings. The van der Waals surface area contributed by atoms with E-state index in [0.717, 1.165) is 24.8 Å². The first kappa shape index (κ1) is 13.1. The molecule has 2 aromatic rings. The summed E-state index contributed by atoms with van der Waals surface area (Å²) in [5.74, 6) is 1.47. The van der Waals surface area contributed by atoms with E-state index in [2.05, 4.69) is 10.1 Å². The Hall–Kier alpha value is -1.88. The van der Waals surface area contributed by atoms with E-state index in [1.54, 1.807) is 18.2 Å². The third kappa shape index (κ3) is 2.67. The van der Waals surface area contributed by atoms with Crippen LogP contribution in [0.2, 0.25) is 0 Å². The minimum atomic E-state index is 0.0926. The van der Waals surface area contributed by atoms with Gasteiger partial charge in [0.25, 0.3) is 0 Å². The van der Waals surface area contributed by atoms with Gasteiger partial charge in [0.2, 0.25) is 11.7 Å².